The smallest absolute Gasteiger partial charge is 0.0769 e. The molecule has 0 heterocycles. The quantitative estimate of drug-likeness (QED) is 0.588. The maximum atomic E-state index is 5.35. The summed E-state index contributed by atoms with van der Waals surface area (Å²) < 4.78 is 0. The molecule has 0 bridgehead atoms. The lowest BCUT2D eigenvalue weighted by atomic mass is 9.99. The Kier molecular flexibility index (Phi) is 3.46. The van der Waals surface area contributed by atoms with Gasteiger partial charge in [0, 0.05) is 6.04 Å². The summed E-state index contributed by atoms with van der Waals surface area (Å²) in [5.74, 6) is 2.75. The van der Waals surface area contributed by atoms with Crippen LogP contribution in [0.15, 0.2) is 0 Å². The van der Waals surface area contributed by atoms with Gasteiger partial charge in [0.15, 0.2) is 0 Å². The normalized spacial score (nSPS) is 16.4. The fourth-order valence-electron chi connectivity index (χ4n) is 0.883. The van der Waals surface area contributed by atoms with Crippen LogP contribution in [-0.2, 0) is 0 Å². The molecular weight excluding hydrogens is 122 g/mol. The van der Waals surface area contributed by atoms with Crippen molar-refractivity contribution in [1.82, 2.24) is 5.32 Å². The highest BCUT2D eigenvalue weighted by Crippen LogP contribution is 2.07. The minimum Gasteiger partial charge on any atom is -0.299 e. The van der Waals surface area contributed by atoms with Crippen molar-refractivity contribution in [3.63, 3.8) is 0 Å². The Balaban J connectivity index is 3.97. The Morgan fingerprint density at radius 2 is 2.10 bits per heavy atom. The van der Waals surface area contributed by atoms with Crippen molar-refractivity contribution < 1.29 is 0 Å². The standard InChI is InChI=1S/C9H17N/c1-6-9(5,7-2)10-8(3)4/h1,8,10H,7H2,2-5H3. The van der Waals surface area contributed by atoms with Gasteiger partial charge >= 0.3 is 0 Å². The van der Waals surface area contributed by atoms with Crippen LogP contribution >= 0.6 is 0 Å². The maximum Gasteiger partial charge on any atom is 0.0769 e. The SMILES string of the molecule is C#CC(C)(CC)NC(C)C. The minimum atomic E-state index is -0.117. The van der Waals surface area contributed by atoms with Gasteiger partial charge in [-0.05, 0) is 27.2 Å². The molecule has 0 saturated heterocycles. The zero-order valence-corrected chi connectivity index (χ0v) is 7.36. The van der Waals surface area contributed by atoms with Gasteiger partial charge in [-0.2, -0.15) is 0 Å². The predicted molar refractivity (Wildman–Crippen MR) is 45.8 cm³/mol. The largest absolute Gasteiger partial charge is 0.299 e. The third-order valence-corrected chi connectivity index (χ3v) is 1.63. The van der Waals surface area contributed by atoms with E-state index in [1.807, 2.05) is 6.92 Å². The molecule has 1 atom stereocenters. The first-order valence-corrected chi connectivity index (χ1v) is 3.79. The van der Waals surface area contributed by atoms with Gasteiger partial charge in [0.1, 0.15) is 0 Å². The monoisotopic (exact) mass is 139 g/mol. The minimum absolute atomic E-state index is 0.117. The van der Waals surface area contributed by atoms with E-state index in [-0.39, 0.29) is 5.54 Å². The first kappa shape index (κ1) is 9.52. The lowest BCUT2D eigenvalue weighted by Crippen LogP contribution is -2.44. The molecule has 1 unspecified atom stereocenters. The van der Waals surface area contributed by atoms with E-state index in [0.717, 1.165) is 6.42 Å². The van der Waals surface area contributed by atoms with Crippen LogP contribution in [0.1, 0.15) is 34.1 Å². The summed E-state index contributed by atoms with van der Waals surface area (Å²) in [6, 6.07) is 0.459. The summed E-state index contributed by atoms with van der Waals surface area (Å²) in [5, 5.41) is 3.32. The second-order valence-electron chi connectivity index (χ2n) is 3.13. The summed E-state index contributed by atoms with van der Waals surface area (Å²) >= 11 is 0. The molecule has 0 aromatic rings. The zero-order chi connectivity index (χ0) is 8.20. The summed E-state index contributed by atoms with van der Waals surface area (Å²) in [4.78, 5) is 0. The van der Waals surface area contributed by atoms with Crippen molar-refractivity contribution >= 4 is 0 Å². The Labute approximate surface area is 64.2 Å². The van der Waals surface area contributed by atoms with Crippen LogP contribution in [0, 0.1) is 12.3 Å². The Bertz CT molecular complexity index is 132. The molecule has 0 spiro atoms. The van der Waals surface area contributed by atoms with E-state index in [4.69, 9.17) is 6.42 Å². The summed E-state index contributed by atoms with van der Waals surface area (Å²) in [6.45, 7) is 8.35. The highest BCUT2D eigenvalue weighted by molar-refractivity contribution is 5.09. The van der Waals surface area contributed by atoms with Crippen LogP contribution in [0.3, 0.4) is 0 Å². The van der Waals surface area contributed by atoms with Crippen molar-refractivity contribution in [3.8, 4) is 12.3 Å². The van der Waals surface area contributed by atoms with E-state index >= 15 is 0 Å². The van der Waals surface area contributed by atoms with Crippen LogP contribution in [0.5, 0.6) is 0 Å². The molecule has 0 aliphatic carbocycles. The van der Waals surface area contributed by atoms with E-state index < -0.39 is 0 Å². The molecule has 58 valence electrons. The van der Waals surface area contributed by atoms with E-state index in [1.54, 1.807) is 0 Å². The van der Waals surface area contributed by atoms with Crippen molar-refractivity contribution in [1.29, 1.82) is 0 Å². The lowest BCUT2D eigenvalue weighted by molar-refractivity contribution is 0.399. The number of hydrogen-bond donors (Lipinski definition) is 1. The maximum absolute atomic E-state index is 5.35. The topological polar surface area (TPSA) is 12.0 Å². The lowest BCUT2D eigenvalue weighted by Gasteiger charge is -2.25. The van der Waals surface area contributed by atoms with Crippen LogP contribution < -0.4 is 5.32 Å². The highest BCUT2D eigenvalue weighted by Gasteiger charge is 2.18. The van der Waals surface area contributed by atoms with Gasteiger partial charge in [-0.1, -0.05) is 12.8 Å². The molecule has 0 amide bonds. The molecule has 0 saturated carbocycles. The molecule has 10 heavy (non-hydrogen) atoms. The van der Waals surface area contributed by atoms with Crippen LogP contribution in [-0.4, -0.2) is 11.6 Å². The summed E-state index contributed by atoms with van der Waals surface area (Å²) in [7, 11) is 0. The van der Waals surface area contributed by atoms with E-state index in [2.05, 4.69) is 32.0 Å². The number of hydrogen-bond acceptors (Lipinski definition) is 1. The fourth-order valence-corrected chi connectivity index (χ4v) is 0.883. The number of nitrogens with one attached hydrogen (secondary N) is 1. The molecule has 1 nitrogen and oxygen atoms in total. The molecular formula is C9H17N. The van der Waals surface area contributed by atoms with Gasteiger partial charge in [-0.15, -0.1) is 6.42 Å². The molecule has 0 aromatic heterocycles. The van der Waals surface area contributed by atoms with Gasteiger partial charge in [-0.25, -0.2) is 0 Å². The van der Waals surface area contributed by atoms with Crippen LogP contribution in [0.2, 0.25) is 0 Å². The van der Waals surface area contributed by atoms with Crippen LogP contribution in [0.25, 0.3) is 0 Å². The number of rotatable bonds is 3. The second kappa shape index (κ2) is 3.63. The Morgan fingerprint density at radius 1 is 1.60 bits per heavy atom. The van der Waals surface area contributed by atoms with Gasteiger partial charge in [0.05, 0.1) is 5.54 Å². The third-order valence-electron chi connectivity index (χ3n) is 1.63. The third kappa shape index (κ3) is 2.89. The summed E-state index contributed by atoms with van der Waals surface area (Å²) in [5.41, 5.74) is -0.117. The predicted octanol–water partition coefficient (Wildman–Crippen LogP) is 1.79. The molecule has 0 aliphatic rings. The molecule has 0 radical (unpaired) electrons. The molecule has 0 fully saturated rings. The average molecular weight is 139 g/mol. The van der Waals surface area contributed by atoms with Crippen molar-refractivity contribution in [2.24, 2.45) is 0 Å². The van der Waals surface area contributed by atoms with Gasteiger partial charge < -0.3 is 0 Å². The van der Waals surface area contributed by atoms with Crippen molar-refractivity contribution in [2.75, 3.05) is 0 Å². The first-order chi connectivity index (χ1) is 4.54. The number of terminal acetylenes is 1. The van der Waals surface area contributed by atoms with E-state index in [1.165, 1.54) is 0 Å². The second-order valence-corrected chi connectivity index (χ2v) is 3.13. The summed E-state index contributed by atoms with van der Waals surface area (Å²) in [6.07, 6.45) is 6.33. The highest BCUT2D eigenvalue weighted by atomic mass is 15.0. The fraction of sp³-hybridized carbons (Fsp3) is 0.778. The van der Waals surface area contributed by atoms with Crippen LogP contribution in [0.4, 0.5) is 0 Å². The van der Waals surface area contributed by atoms with Gasteiger partial charge in [-0.3, -0.25) is 5.32 Å². The first-order valence-electron chi connectivity index (χ1n) is 3.79. The van der Waals surface area contributed by atoms with Gasteiger partial charge in [0.25, 0.3) is 0 Å². The van der Waals surface area contributed by atoms with E-state index in [0.29, 0.717) is 6.04 Å². The Morgan fingerprint density at radius 3 is 2.20 bits per heavy atom. The molecule has 1 heteroatoms. The molecule has 0 rings (SSSR count). The van der Waals surface area contributed by atoms with Gasteiger partial charge in [0.2, 0.25) is 0 Å². The average Bonchev–Trinajstić information content (AvgIpc) is 1.87. The van der Waals surface area contributed by atoms with E-state index in [9.17, 15) is 0 Å². The molecule has 1 N–H and O–H groups in total. The molecule has 0 aromatic carbocycles. The van der Waals surface area contributed by atoms with Crippen molar-refractivity contribution in [2.45, 2.75) is 45.7 Å². The van der Waals surface area contributed by atoms with Crippen molar-refractivity contribution in [3.05, 3.63) is 0 Å². The zero-order valence-electron chi connectivity index (χ0n) is 7.36. The molecule has 0 aliphatic heterocycles. The Hall–Kier alpha value is -0.480.